The maximum absolute atomic E-state index is 5.01. The first kappa shape index (κ1) is 59.1. The lowest BCUT2D eigenvalue weighted by Crippen LogP contribution is -2.50. The summed E-state index contributed by atoms with van der Waals surface area (Å²) in [5.74, 6) is 2.24. The zero-order chi connectivity index (χ0) is 64.6. The van der Waals surface area contributed by atoms with E-state index in [-0.39, 0.29) is 0 Å². The van der Waals surface area contributed by atoms with Gasteiger partial charge in [-0.1, -0.05) is 224 Å². The van der Waals surface area contributed by atoms with Crippen molar-refractivity contribution in [2.75, 3.05) is 27.2 Å². The number of hydrogen-bond acceptors (Lipinski definition) is 2. The van der Waals surface area contributed by atoms with E-state index in [1.165, 1.54) is 145 Å². The number of quaternary nitrogens is 2. The van der Waals surface area contributed by atoms with Crippen molar-refractivity contribution in [1.29, 1.82) is 0 Å². The van der Waals surface area contributed by atoms with Crippen LogP contribution in [-0.2, 0) is 7.05 Å². The van der Waals surface area contributed by atoms with Crippen LogP contribution in [0.3, 0.4) is 0 Å². The Balaban J connectivity index is 0.000000113. The van der Waals surface area contributed by atoms with Gasteiger partial charge in [0.1, 0.15) is 36.3 Å². The molecule has 0 saturated heterocycles. The van der Waals surface area contributed by atoms with Crippen molar-refractivity contribution in [3.63, 3.8) is 0 Å². The number of fused-ring (bicyclic) bond motifs is 9. The van der Waals surface area contributed by atoms with Gasteiger partial charge in [-0.3, -0.25) is 0 Å². The first-order chi connectivity index (χ1) is 47.2. The summed E-state index contributed by atoms with van der Waals surface area (Å²) in [5.41, 5.74) is 29.5. The van der Waals surface area contributed by atoms with E-state index in [9.17, 15) is 0 Å². The molecular formula is C90H71N6+3. The quantitative estimate of drug-likeness (QED) is 0.102. The van der Waals surface area contributed by atoms with Crippen molar-refractivity contribution in [3.8, 4) is 77.9 Å². The standard InChI is InChI=1S/C30H25N2.2C30H23N2/c2*1-32-17-16-31-30(32)28(21-24-14-8-9-15-29(24)32)27-19-25(22-10-4-2-5-11-22)18-26(20-27)23-12-6-3-7-13-23;1-31-16-17-32-29-15-9-8-14-24(29)21-28(30(31)32)27-19-25(22-10-4-2-5-11-22)18-26(20-27)23-12-6-3-7-13-23/h2-15,18-21H,16-17H2,1H3;2*2-21H,1H3/q3*+1. The third kappa shape index (κ3) is 11.1. The first-order valence-corrected chi connectivity index (χ1v) is 33.1. The van der Waals surface area contributed by atoms with Crippen LogP contribution >= 0.6 is 0 Å². The molecule has 96 heavy (non-hydrogen) atoms. The maximum atomic E-state index is 5.01. The number of aliphatic imine (C=N–C) groups is 2. The number of hydrogen-bond donors (Lipinski definition) is 0. The van der Waals surface area contributed by atoms with Crippen LogP contribution in [0.4, 0.5) is 11.4 Å². The third-order valence-electron chi connectivity index (χ3n) is 19.4. The molecule has 458 valence electrons. The van der Waals surface area contributed by atoms with Gasteiger partial charge < -0.3 is 0 Å². The van der Waals surface area contributed by atoms with Gasteiger partial charge in [0.05, 0.1) is 50.6 Å². The van der Waals surface area contributed by atoms with E-state index in [1.54, 1.807) is 0 Å². The highest BCUT2D eigenvalue weighted by Gasteiger charge is 2.44. The second kappa shape index (κ2) is 25.2. The molecule has 2 aromatic heterocycles. The molecule has 2 atom stereocenters. The van der Waals surface area contributed by atoms with Gasteiger partial charge >= 0.3 is 0 Å². The van der Waals surface area contributed by atoms with E-state index < -0.39 is 0 Å². The summed E-state index contributed by atoms with van der Waals surface area (Å²) in [6, 6.07) is 113. The summed E-state index contributed by atoms with van der Waals surface area (Å²) < 4.78 is 5.87. The van der Waals surface area contributed by atoms with Crippen molar-refractivity contribution in [2.45, 2.75) is 0 Å². The van der Waals surface area contributed by atoms with Gasteiger partial charge in [-0.2, -0.15) is 9.39 Å². The van der Waals surface area contributed by atoms with E-state index in [0.717, 1.165) is 23.4 Å². The topological polar surface area (TPSA) is 33.0 Å². The number of imidazole rings is 1. The van der Waals surface area contributed by atoms with Crippen molar-refractivity contribution in [3.05, 3.63) is 362 Å². The predicted octanol–water partition coefficient (Wildman–Crippen LogP) is 21.2. The number of pyridine rings is 1. The summed E-state index contributed by atoms with van der Waals surface area (Å²) in [4.78, 5) is 9.84. The lowest BCUT2D eigenvalue weighted by molar-refractivity contribution is -0.644. The van der Waals surface area contributed by atoms with E-state index >= 15 is 0 Å². The minimum absolute atomic E-state index is 0.595. The minimum atomic E-state index is 0.595. The van der Waals surface area contributed by atoms with E-state index in [0.29, 0.717) is 4.48 Å². The monoisotopic (exact) mass is 1240 g/mol. The van der Waals surface area contributed by atoms with Crippen molar-refractivity contribution in [2.24, 2.45) is 17.0 Å². The number of aryl methyl sites for hydroxylation is 1. The Bertz CT molecular complexity index is 5110. The van der Waals surface area contributed by atoms with E-state index in [1.807, 2.05) is 6.20 Å². The lowest BCUT2D eigenvalue weighted by atomic mass is 9.89. The van der Waals surface area contributed by atoms with E-state index in [2.05, 4.69) is 376 Å². The molecule has 18 rings (SSSR count). The molecule has 4 aliphatic heterocycles. The van der Waals surface area contributed by atoms with Crippen LogP contribution in [0.2, 0.25) is 0 Å². The van der Waals surface area contributed by atoms with Gasteiger partial charge in [-0.25, -0.2) is 18.5 Å². The molecule has 6 heterocycles. The zero-order valence-corrected chi connectivity index (χ0v) is 54.1. The summed E-state index contributed by atoms with van der Waals surface area (Å²) in [6.45, 7) is 1.87. The summed E-state index contributed by atoms with van der Waals surface area (Å²) in [6.07, 6.45) is 13.0. The summed E-state index contributed by atoms with van der Waals surface area (Å²) in [5, 5.41) is 1.23. The fraction of sp³-hybridized carbons (Fsp3) is 0.0556. The molecule has 0 saturated carbocycles. The Morgan fingerprint density at radius 1 is 0.365 bits per heavy atom. The Morgan fingerprint density at radius 3 is 1.21 bits per heavy atom. The van der Waals surface area contributed by atoms with Crippen LogP contribution in [0.25, 0.3) is 118 Å². The largest absolute Gasteiger partial charge is 0.294 e. The number of para-hydroxylation sites is 3. The van der Waals surface area contributed by atoms with E-state index in [4.69, 9.17) is 9.98 Å². The Morgan fingerprint density at radius 2 is 0.740 bits per heavy atom. The minimum Gasteiger partial charge on any atom is -0.243 e. The SMILES string of the molecule is C[N+]12C=CN=C1C(c1cc(-c3ccccc3)cc(-c3ccccc3)c1)=Cc1ccccc12.C[N+]12CCN=C1C(c1cc(-c3ccccc3)cc(-c3ccccc3)c1)=Cc1ccccc12.C[n+]1ccn2c3ccccc3cc(-c3cc(-c4ccccc4)cc(-c4ccccc4)c3)c21. The van der Waals surface area contributed by atoms with Gasteiger partial charge in [0.15, 0.2) is 5.69 Å². The summed E-state index contributed by atoms with van der Waals surface area (Å²) in [7, 11) is 6.64. The average molecular weight is 1240 g/mol. The summed E-state index contributed by atoms with van der Waals surface area (Å²) >= 11 is 0. The van der Waals surface area contributed by atoms with Gasteiger partial charge in [0.25, 0.3) is 5.65 Å². The van der Waals surface area contributed by atoms with Gasteiger partial charge in [0.2, 0.25) is 11.7 Å². The van der Waals surface area contributed by atoms with Crippen LogP contribution in [0, 0.1) is 0 Å². The van der Waals surface area contributed by atoms with Gasteiger partial charge in [-0.05, 0) is 174 Å². The molecule has 0 amide bonds. The fourth-order valence-corrected chi connectivity index (χ4v) is 14.5. The molecule has 0 bridgehead atoms. The molecule has 14 aromatic rings. The Labute approximate surface area is 562 Å². The number of aromatic nitrogens is 2. The number of likely N-dealkylation sites (N-methyl/N-ethyl adjacent to an activating group) is 2. The van der Waals surface area contributed by atoms with Crippen LogP contribution < -0.4 is 13.5 Å². The highest BCUT2D eigenvalue weighted by Crippen LogP contribution is 2.45. The Hall–Kier alpha value is -11.9. The van der Waals surface area contributed by atoms with Crippen LogP contribution in [0.1, 0.15) is 22.3 Å². The molecule has 0 radical (unpaired) electrons. The Kier molecular flexibility index (Phi) is 15.5. The molecule has 2 unspecified atom stereocenters. The number of amidine groups is 2. The van der Waals surface area contributed by atoms with Gasteiger partial charge in [0, 0.05) is 28.6 Å². The molecule has 12 aromatic carbocycles. The average Bonchev–Trinajstić information content (AvgIpc) is 1.49. The number of benzene rings is 12. The second-order valence-corrected chi connectivity index (χ2v) is 25.5. The highest BCUT2D eigenvalue weighted by atomic mass is 15.4. The zero-order valence-electron chi connectivity index (χ0n) is 54.1. The molecular weight excluding hydrogens is 1170 g/mol. The number of nitrogens with zero attached hydrogens (tertiary/aromatic N) is 6. The van der Waals surface area contributed by atoms with Crippen LogP contribution in [0.5, 0.6) is 0 Å². The molecule has 0 aliphatic carbocycles. The predicted molar refractivity (Wildman–Crippen MR) is 405 cm³/mol. The van der Waals surface area contributed by atoms with Crippen molar-refractivity contribution >= 4 is 62.9 Å². The fourth-order valence-electron chi connectivity index (χ4n) is 14.5. The molecule has 0 N–H and O–H groups in total. The highest BCUT2D eigenvalue weighted by molar-refractivity contribution is 6.35. The van der Waals surface area contributed by atoms with Gasteiger partial charge in [-0.15, -0.1) is 0 Å². The third-order valence-corrected chi connectivity index (χ3v) is 19.4. The normalized spacial score (nSPS) is 16.3. The molecule has 0 fully saturated rings. The smallest absolute Gasteiger partial charge is 0.243 e. The molecule has 6 heteroatoms. The van der Waals surface area contributed by atoms with Crippen LogP contribution in [-0.4, -0.2) is 43.3 Å². The molecule has 6 nitrogen and oxygen atoms in total. The van der Waals surface area contributed by atoms with Crippen molar-refractivity contribution in [1.82, 2.24) is 13.4 Å². The second-order valence-electron chi connectivity index (χ2n) is 25.5. The first-order valence-electron chi connectivity index (χ1n) is 33.1. The van der Waals surface area contributed by atoms with Crippen molar-refractivity contribution < 1.29 is 4.57 Å². The lowest BCUT2D eigenvalue weighted by Gasteiger charge is -2.35. The maximum Gasteiger partial charge on any atom is 0.294 e. The molecule has 4 aliphatic rings. The van der Waals surface area contributed by atoms with Crippen LogP contribution in [0.15, 0.2) is 350 Å². The number of rotatable bonds is 9. The molecule has 0 spiro atoms.